The summed E-state index contributed by atoms with van der Waals surface area (Å²) in [5.41, 5.74) is 0.999. The van der Waals surface area contributed by atoms with Gasteiger partial charge in [-0.1, -0.05) is 11.6 Å². The van der Waals surface area contributed by atoms with E-state index in [-0.39, 0.29) is 5.91 Å². The first kappa shape index (κ1) is 14.0. The zero-order valence-electron chi connectivity index (χ0n) is 10.2. The lowest BCUT2D eigenvalue weighted by atomic mass is 10.2. The first-order chi connectivity index (χ1) is 9.10. The van der Waals surface area contributed by atoms with Crippen LogP contribution in [0.2, 0.25) is 5.02 Å². The molecule has 100 valence electrons. The van der Waals surface area contributed by atoms with E-state index in [4.69, 9.17) is 16.3 Å². The molecule has 0 aliphatic heterocycles. The van der Waals surface area contributed by atoms with Gasteiger partial charge in [-0.15, -0.1) is 0 Å². The Balaban J connectivity index is 2.22. The third kappa shape index (κ3) is 3.52. The second kappa shape index (κ2) is 6.12. The normalized spacial score (nSPS) is 10.3. The van der Waals surface area contributed by atoms with Crippen LogP contribution >= 0.6 is 27.5 Å². The number of H-pyrrole nitrogens is 1. The van der Waals surface area contributed by atoms with Gasteiger partial charge in [-0.3, -0.25) is 4.79 Å². The molecule has 0 saturated carbocycles. The first-order valence-corrected chi connectivity index (χ1v) is 6.85. The summed E-state index contributed by atoms with van der Waals surface area (Å²) in [5, 5.41) is 3.30. The number of hydrogen-bond acceptors (Lipinski definition) is 2. The highest BCUT2D eigenvalue weighted by Gasteiger charge is 2.12. The molecular weight excluding hydrogens is 332 g/mol. The number of carbonyl (C=O) groups excluding carboxylic acids is 1. The van der Waals surface area contributed by atoms with Crippen LogP contribution in [0.15, 0.2) is 34.9 Å². The van der Waals surface area contributed by atoms with E-state index in [9.17, 15) is 4.79 Å². The molecule has 1 aromatic heterocycles. The molecule has 2 aromatic rings. The fourth-order valence-electron chi connectivity index (χ4n) is 1.57. The summed E-state index contributed by atoms with van der Waals surface area (Å²) in [5.74, 6) is 0.333. The third-order valence-electron chi connectivity index (χ3n) is 2.38. The van der Waals surface area contributed by atoms with Crippen LogP contribution < -0.4 is 10.1 Å². The molecule has 6 heteroatoms. The highest BCUT2D eigenvalue weighted by Crippen LogP contribution is 2.28. The van der Waals surface area contributed by atoms with Crippen molar-refractivity contribution in [3.8, 4) is 5.75 Å². The molecule has 2 rings (SSSR count). The second-order valence-electron chi connectivity index (χ2n) is 3.76. The van der Waals surface area contributed by atoms with Gasteiger partial charge >= 0.3 is 0 Å². The fourth-order valence-corrected chi connectivity index (χ4v) is 2.09. The molecule has 1 amide bonds. The summed E-state index contributed by atoms with van der Waals surface area (Å²) in [6, 6.07) is 6.79. The predicted molar refractivity (Wildman–Crippen MR) is 79.1 cm³/mol. The lowest BCUT2D eigenvalue weighted by Crippen LogP contribution is -2.13. The number of nitrogens with one attached hydrogen (secondary N) is 2. The molecular formula is C13H12BrClN2O2. The quantitative estimate of drug-likeness (QED) is 0.879. The zero-order chi connectivity index (χ0) is 13.8. The minimum Gasteiger partial charge on any atom is -0.492 e. The fraction of sp³-hybridized carbons (Fsp3) is 0.154. The standard InChI is InChI=1S/C13H12BrClN2O2/c1-2-19-12-4-3-9(15)6-10(12)17-13(18)11-5-8(14)7-16-11/h3-7,16H,2H2,1H3,(H,17,18). The van der Waals surface area contributed by atoms with Crippen LogP contribution in [0.5, 0.6) is 5.75 Å². The minimum absolute atomic E-state index is 0.256. The molecule has 2 N–H and O–H groups in total. The Morgan fingerprint density at radius 2 is 2.26 bits per heavy atom. The van der Waals surface area contributed by atoms with Gasteiger partial charge < -0.3 is 15.0 Å². The van der Waals surface area contributed by atoms with E-state index in [1.807, 2.05) is 6.92 Å². The van der Waals surface area contributed by atoms with Gasteiger partial charge in [-0.25, -0.2) is 0 Å². The van der Waals surface area contributed by atoms with Crippen molar-refractivity contribution in [1.29, 1.82) is 0 Å². The zero-order valence-corrected chi connectivity index (χ0v) is 12.5. The van der Waals surface area contributed by atoms with Gasteiger partial charge in [0.15, 0.2) is 0 Å². The van der Waals surface area contributed by atoms with Crippen LogP contribution in [0.3, 0.4) is 0 Å². The summed E-state index contributed by atoms with van der Waals surface area (Å²) in [6.45, 7) is 2.39. The lowest BCUT2D eigenvalue weighted by Gasteiger charge is -2.11. The van der Waals surface area contributed by atoms with E-state index in [0.717, 1.165) is 4.47 Å². The third-order valence-corrected chi connectivity index (χ3v) is 3.07. The van der Waals surface area contributed by atoms with Crippen LogP contribution in [0.25, 0.3) is 0 Å². The molecule has 0 aliphatic carbocycles. The molecule has 0 fully saturated rings. The van der Waals surface area contributed by atoms with Crippen molar-refractivity contribution in [2.24, 2.45) is 0 Å². The SMILES string of the molecule is CCOc1ccc(Cl)cc1NC(=O)c1cc(Br)c[nH]1. The number of aromatic amines is 1. The topological polar surface area (TPSA) is 54.1 Å². The Morgan fingerprint density at radius 3 is 2.89 bits per heavy atom. The van der Waals surface area contributed by atoms with E-state index in [1.165, 1.54) is 0 Å². The van der Waals surface area contributed by atoms with Gasteiger partial charge in [-0.2, -0.15) is 0 Å². The van der Waals surface area contributed by atoms with Crippen LogP contribution in [0, 0.1) is 0 Å². The van der Waals surface area contributed by atoms with Crippen LogP contribution in [-0.2, 0) is 0 Å². The number of carbonyl (C=O) groups is 1. The summed E-state index contributed by atoms with van der Waals surface area (Å²) >= 11 is 9.21. The Labute approximate surface area is 124 Å². The highest BCUT2D eigenvalue weighted by atomic mass is 79.9. The lowest BCUT2D eigenvalue weighted by molar-refractivity contribution is 0.102. The molecule has 1 aromatic carbocycles. The smallest absolute Gasteiger partial charge is 0.272 e. The molecule has 0 atom stereocenters. The molecule has 1 heterocycles. The molecule has 0 unspecified atom stereocenters. The summed E-state index contributed by atoms with van der Waals surface area (Å²) in [7, 11) is 0. The van der Waals surface area contributed by atoms with Crippen molar-refractivity contribution >= 4 is 39.1 Å². The monoisotopic (exact) mass is 342 g/mol. The van der Waals surface area contributed by atoms with Crippen molar-refractivity contribution < 1.29 is 9.53 Å². The van der Waals surface area contributed by atoms with E-state index in [2.05, 4.69) is 26.2 Å². The summed E-state index contributed by atoms with van der Waals surface area (Å²) in [4.78, 5) is 14.9. The second-order valence-corrected chi connectivity index (χ2v) is 5.11. The Kier molecular flexibility index (Phi) is 4.50. The van der Waals surface area contributed by atoms with Gasteiger partial charge in [0.1, 0.15) is 11.4 Å². The van der Waals surface area contributed by atoms with Gasteiger partial charge in [0.25, 0.3) is 5.91 Å². The van der Waals surface area contributed by atoms with Crippen molar-refractivity contribution in [2.45, 2.75) is 6.92 Å². The Bertz CT molecular complexity index is 598. The number of amides is 1. The van der Waals surface area contributed by atoms with Gasteiger partial charge in [-0.05, 0) is 47.1 Å². The van der Waals surface area contributed by atoms with Crippen LogP contribution in [-0.4, -0.2) is 17.5 Å². The Morgan fingerprint density at radius 1 is 1.47 bits per heavy atom. The maximum absolute atomic E-state index is 12.0. The molecule has 4 nitrogen and oxygen atoms in total. The maximum Gasteiger partial charge on any atom is 0.272 e. The number of rotatable bonds is 4. The molecule has 19 heavy (non-hydrogen) atoms. The van der Waals surface area contributed by atoms with Gasteiger partial charge in [0.05, 0.1) is 12.3 Å². The molecule has 0 spiro atoms. The van der Waals surface area contributed by atoms with Crippen molar-refractivity contribution in [1.82, 2.24) is 4.98 Å². The molecule has 0 saturated heterocycles. The number of benzene rings is 1. The van der Waals surface area contributed by atoms with Gasteiger partial charge in [0.2, 0.25) is 0 Å². The maximum atomic E-state index is 12.0. The van der Waals surface area contributed by atoms with Crippen LogP contribution in [0.4, 0.5) is 5.69 Å². The predicted octanol–water partition coefficient (Wildman–Crippen LogP) is 4.08. The van der Waals surface area contributed by atoms with Gasteiger partial charge in [0, 0.05) is 15.7 Å². The average Bonchev–Trinajstić information content (AvgIpc) is 2.80. The highest BCUT2D eigenvalue weighted by molar-refractivity contribution is 9.10. The number of hydrogen-bond donors (Lipinski definition) is 2. The summed E-state index contributed by atoms with van der Waals surface area (Å²) < 4.78 is 6.25. The molecule has 0 aliphatic rings. The minimum atomic E-state index is -0.256. The number of anilines is 1. The largest absolute Gasteiger partial charge is 0.492 e. The van der Waals surface area contributed by atoms with E-state index >= 15 is 0 Å². The number of aromatic nitrogens is 1. The Hall–Kier alpha value is -1.46. The van der Waals surface area contributed by atoms with E-state index in [1.54, 1.807) is 30.5 Å². The molecule has 0 radical (unpaired) electrons. The van der Waals surface area contributed by atoms with Crippen molar-refractivity contribution in [3.63, 3.8) is 0 Å². The summed E-state index contributed by atoms with van der Waals surface area (Å²) in [6.07, 6.45) is 1.69. The number of ether oxygens (including phenoxy) is 1. The van der Waals surface area contributed by atoms with Crippen molar-refractivity contribution in [3.05, 3.63) is 45.7 Å². The average molecular weight is 344 g/mol. The van der Waals surface area contributed by atoms with Crippen molar-refractivity contribution in [2.75, 3.05) is 11.9 Å². The van der Waals surface area contributed by atoms with Crippen LogP contribution in [0.1, 0.15) is 17.4 Å². The molecule has 0 bridgehead atoms. The number of halogens is 2. The first-order valence-electron chi connectivity index (χ1n) is 5.67. The van der Waals surface area contributed by atoms with E-state index in [0.29, 0.717) is 28.8 Å². The van der Waals surface area contributed by atoms with E-state index < -0.39 is 0 Å².